The second-order valence-electron chi connectivity index (χ2n) is 3.09. The maximum Gasteiger partial charge on any atom is 0.252 e. The minimum atomic E-state index is -3.56. The molecule has 2 N–H and O–H groups in total. The van der Waals surface area contributed by atoms with Gasteiger partial charge in [-0.15, -0.1) is 11.3 Å². The predicted octanol–water partition coefficient (Wildman–Crippen LogP) is 0.162. The number of carbonyl (C=O) groups excluding carboxylic acids is 1. The molecule has 7 heteroatoms. The summed E-state index contributed by atoms with van der Waals surface area (Å²) in [7, 11) is -2.23. The van der Waals surface area contributed by atoms with Gasteiger partial charge in [-0.3, -0.25) is 4.79 Å². The molecular weight excluding hydrogens is 236 g/mol. The molecule has 0 atom stereocenters. The van der Waals surface area contributed by atoms with E-state index in [4.69, 9.17) is 5.73 Å². The molecule has 0 aliphatic heterocycles. The van der Waals surface area contributed by atoms with Crippen LogP contribution in [0.5, 0.6) is 0 Å². The Bertz CT molecular complexity index is 464. The van der Waals surface area contributed by atoms with Gasteiger partial charge in [0.25, 0.3) is 10.0 Å². The van der Waals surface area contributed by atoms with Crippen LogP contribution >= 0.6 is 11.3 Å². The van der Waals surface area contributed by atoms with Crippen molar-refractivity contribution in [2.75, 3.05) is 13.6 Å². The Morgan fingerprint density at radius 2 is 2.13 bits per heavy atom. The number of nitrogens with two attached hydrogens (primary N) is 1. The Labute approximate surface area is 92.6 Å². The lowest BCUT2D eigenvalue weighted by atomic mass is 10.5. The Morgan fingerprint density at radius 3 is 2.53 bits per heavy atom. The fraction of sp³-hybridized carbons (Fsp3) is 0.375. The van der Waals surface area contributed by atoms with Gasteiger partial charge in [-0.25, -0.2) is 8.42 Å². The van der Waals surface area contributed by atoms with Gasteiger partial charge < -0.3 is 5.73 Å². The summed E-state index contributed by atoms with van der Waals surface area (Å²) in [5.74, 6) is -0.672. The van der Waals surface area contributed by atoms with Crippen LogP contribution in [0.15, 0.2) is 16.3 Å². The molecule has 0 saturated heterocycles. The van der Waals surface area contributed by atoms with Gasteiger partial charge in [-0.2, -0.15) is 4.31 Å². The van der Waals surface area contributed by atoms with E-state index in [1.165, 1.54) is 24.5 Å². The molecule has 1 aromatic heterocycles. The van der Waals surface area contributed by atoms with E-state index in [0.29, 0.717) is 0 Å². The number of likely N-dealkylation sites (N-methyl/N-ethyl adjacent to an activating group) is 1. The third kappa shape index (κ3) is 2.77. The van der Waals surface area contributed by atoms with Crippen LogP contribution in [0.25, 0.3) is 0 Å². The van der Waals surface area contributed by atoms with Crippen molar-refractivity contribution in [1.82, 2.24) is 4.31 Å². The zero-order valence-electron chi connectivity index (χ0n) is 8.43. The Balaban J connectivity index is 2.98. The van der Waals surface area contributed by atoms with Crippen LogP contribution in [0.2, 0.25) is 0 Å². The summed E-state index contributed by atoms with van der Waals surface area (Å²) in [6, 6.07) is 3.24. The molecule has 1 rings (SSSR count). The van der Waals surface area contributed by atoms with E-state index in [0.717, 1.165) is 9.18 Å². The highest BCUT2D eigenvalue weighted by molar-refractivity contribution is 7.91. The molecule has 0 unspecified atom stereocenters. The maximum absolute atomic E-state index is 11.8. The lowest BCUT2D eigenvalue weighted by Crippen LogP contribution is -2.34. The average molecular weight is 248 g/mol. The van der Waals surface area contributed by atoms with E-state index < -0.39 is 15.9 Å². The first kappa shape index (κ1) is 12.2. The number of thiophene rings is 1. The minimum absolute atomic E-state index is 0.226. The van der Waals surface area contributed by atoms with E-state index in [1.807, 2.05) is 6.92 Å². The third-order valence-corrected chi connectivity index (χ3v) is 5.03. The summed E-state index contributed by atoms with van der Waals surface area (Å²) in [6.45, 7) is 1.51. The number of aryl methyl sites for hydroxylation is 1. The van der Waals surface area contributed by atoms with Crippen LogP contribution in [0.1, 0.15) is 4.88 Å². The quantitative estimate of drug-likeness (QED) is 0.824. The van der Waals surface area contributed by atoms with E-state index in [9.17, 15) is 13.2 Å². The first-order valence-electron chi connectivity index (χ1n) is 4.15. The molecule has 0 bridgehead atoms. The van der Waals surface area contributed by atoms with Crippen molar-refractivity contribution in [3.05, 3.63) is 17.0 Å². The second kappa shape index (κ2) is 4.30. The fourth-order valence-electron chi connectivity index (χ4n) is 1.01. The SMILES string of the molecule is Cc1ccc(S(=O)(=O)N(C)CC(N)=O)s1. The van der Waals surface area contributed by atoms with Gasteiger partial charge >= 0.3 is 0 Å². The van der Waals surface area contributed by atoms with E-state index >= 15 is 0 Å². The third-order valence-electron chi connectivity index (χ3n) is 1.76. The lowest BCUT2D eigenvalue weighted by molar-refractivity contribution is -0.118. The van der Waals surface area contributed by atoms with Gasteiger partial charge in [0, 0.05) is 11.9 Å². The minimum Gasteiger partial charge on any atom is -0.369 e. The first-order chi connectivity index (χ1) is 6.84. The van der Waals surface area contributed by atoms with Gasteiger partial charge in [0.15, 0.2) is 0 Å². The molecule has 1 amide bonds. The summed E-state index contributed by atoms with van der Waals surface area (Å²) < 4.78 is 24.8. The van der Waals surface area contributed by atoms with Crippen molar-refractivity contribution in [2.45, 2.75) is 11.1 Å². The van der Waals surface area contributed by atoms with Gasteiger partial charge in [0.05, 0.1) is 6.54 Å². The number of carbonyl (C=O) groups is 1. The Kier molecular flexibility index (Phi) is 3.48. The molecule has 0 radical (unpaired) electrons. The number of amides is 1. The number of nitrogens with zero attached hydrogens (tertiary/aromatic N) is 1. The van der Waals surface area contributed by atoms with E-state index in [1.54, 1.807) is 6.07 Å². The summed E-state index contributed by atoms with van der Waals surface area (Å²) >= 11 is 1.17. The molecule has 0 saturated carbocycles. The standard InChI is InChI=1S/C8H12N2O3S2/c1-6-3-4-8(14-6)15(12,13)10(2)5-7(9)11/h3-4H,5H2,1-2H3,(H2,9,11). The van der Waals surface area contributed by atoms with Crippen LogP contribution in [0, 0.1) is 6.92 Å². The van der Waals surface area contributed by atoms with Crippen LogP contribution < -0.4 is 5.73 Å². The molecule has 5 nitrogen and oxygen atoms in total. The largest absolute Gasteiger partial charge is 0.369 e. The number of sulfonamides is 1. The smallest absolute Gasteiger partial charge is 0.252 e. The van der Waals surface area contributed by atoms with Crippen LogP contribution in [-0.4, -0.2) is 32.2 Å². The number of hydrogen-bond acceptors (Lipinski definition) is 4. The first-order valence-corrected chi connectivity index (χ1v) is 6.41. The van der Waals surface area contributed by atoms with Crippen LogP contribution in [0.3, 0.4) is 0 Å². The summed E-state index contributed by atoms with van der Waals surface area (Å²) in [4.78, 5) is 11.5. The van der Waals surface area contributed by atoms with Crippen molar-refractivity contribution < 1.29 is 13.2 Å². The number of primary amides is 1. The van der Waals surface area contributed by atoms with E-state index in [2.05, 4.69) is 0 Å². The monoisotopic (exact) mass is 248 g/mol. The normalized spacial score (nSPS) is 11.9. The van der Waals surface area contributed by atoms with Gasteiger partial charge in [0.1, 0.15) is 4.21 Å². The predicted molar refractivity (Wildman–Crippen MR) is 58.1 cm³/mol. The maximum atomic E-state index is 11.8. The topological polar surface area (TPSA) is 80.5 Å². The molecule has 0 aliphatic carbocycles. The van der Waals surface area contributed by atoms with Crippen molar-refractivity contribution >= 4 is 27.3 Å². The molecule has 0 aliphatic rings. The molecule has 1 aromatic rings. The molecule has 0 fully saturated rings. The van der Waals surface area contributed by atoms with Gasteiger partial charge in [-0.05, 0) is 19.1 Å². The van der Waals surface area contributed by atoms with Gasteiger partial charge in [-0.1, -0.05) is 0 Å². The lowest BCUT2D eigenvalue weighted by Gasteiger charge is -2.13. The van der Waals surface area contributed by atoms with Crippen molar-refractivity contribution in [3.8, 4) is 0 Å². The zero-order chi connectivity index (χ0) is 11.6. The number of rotatable bonds is 4. The van der Waals surface area contributed by atoms with E-state index in [-0.39, 0.29) is 10.8 Å². The van der Waals surface area contributed by atoms with Crippen molar-refractivity contribution in [1.29, 1.82) is 0 Å². The summed E-state index contributed by atoms with van der Waals surface area (Å²) in [5, 5.41) is 0. The van der Waals surface area contributed by atoms with Crippen LogP contribution in [0.4, 0.5) is 0 Å². The zero-order valence-corrected chi connectivity index (χ0v) is 10.1. The molecule has 1 heterocycles. The van der Waals surface area contributed by atoms with Crippen molar-refractivity contribution in [3.63, 3.8) is 0 Å². The highest BCUT2D eigenvalue weighted by Gasteiger charge is 2.23. The molecule has 0 spiro atoms. The van der Waals surface area contributed by atoms with Crippen LogP contribution in [-0.2, 0) is 14.8 Å². The highest BCUT2D eigenvalue weighted by Crippen LogP contribution is 2.23. The highest BCUT2D eigenvalue weighted by atomic mass is 32.2. The molecule has 0 aromatic carbocycles. The van der Waals surface area contributed by atoms with Crippen molar-refractivity contribution in [2.24, 2.45) is 5.73 Å². The second-order valence-corrected chi connectivity index (χ2v) is 6.65. The number of hydrogen-bond donors (Lipinski definition) is 1. The molecule has 15 heavy (non-hydrogen) atoms. The Morgan fingerprint density at radius 1 is 1.53 bits per heavy atom. The molecule has 84 valence electrons. The average Bonchev–Trinajstić information content (AvgIpc) is 2.50. The van der Waals surface area contributed by atoms with Gasteiger partial charge in [0.2, 0.25) is 5.91 Å². The molecular formula is C8H12N2O3S2. The summed E-state index contributed by atoms with van der Waals surface area (Å²) in [5.41, 5.74) is 4.93. The Hall–Kier alpha value is -0.920. The summed E-state index contributed by atoms with van der Waals surface area (Å²) in [6.07, 6.45) is 0. The fourth-order valence-corrected chi connectivity index (χ4v) is 3.64.